The van der Waals surface area contributed by atoms with Crippen LogP contribution in [0, 0.1) is 6.92 Å². The molecule has 0 amide bonds. The zero-order chi connectivity index (χ0) is 15.6. The summed E-state index contributed by atoms with van der Waals surface area (Å²) in [6, 6.07) is 8.57. The van der Waals surface area contributed by atoms with Gasteiger partial charge in [0.15, 0.2) is 5.82 Å². The monoisotopic (exact) mass is 283 g/mol. The van der Waals surface area contributed by atoms with E-state index in [1.165, 1.54) is 5.56 Å². The van der Waals surface area contributed by atoms with Crippen LogP contribution >= 0.6 is 0 Å². The van der Waals surface area contributed by atoms with Gasteiger partial charge in [0.05, 0.1) is 0 Å². The molecule has 3 nitrogen and oxygen atoms in total. The second-order valence-corrected chi connectivity index (χ2v) is 6.40. The fourth-order valence-electron chi connectivity index (χ4n) is 2.40. The normalized spacial score (nSPS) is 11.5. The molecule has 0 aliphatic rings. The zero-order valence-corrected chi connectivity index (χ0v) is 13.9. The van der Waals surface area contributed by atoms with Crippen LogP contribution in [0.25, 0.3) is 11.4 Å². The molecule has 0 saturated carbocycles. The zero-order valence-electron chi connectivity index (χ0n) is 13.9. The number of anilines is 1. The van der Waals surface area contributed by atoms with Crippen molar-refractivity contribution in [2.75, 3.05) is 12.4 Å². The standard InChI is InChI=1S/C18H25N3/c1-7-15-12(2)16(19-6)21-17(20-15)13-8-10-14(11-9-13)18(3,4)5/h8-11H,7H2,1-6H3,(H,19,20,21). The van der Waals surface area contributed by atoms with Gasteiger partial charge >= 0.3 is 0 Å². The van der Waals surface area contributed by atoms with Crippen molar-refractivity contribution in [3.63, 3.8) is 0 Å². The highest BCUT2D eigenvalue weighted by molar-refractivity contribution is 5.60. The van der Waals surface area contributed by atoms with Crippen LogP contribution in [0.5, 0.6) is 0 Å². The van der Waals surface area contributed by atoms with Crippen molar-refractivity contribution in [2.24, 2.45) is 0 Å². The minimum atomic E-state index is 0.164. The van der Waals surface area contributed by atoms with E-state index in [1.54, 1.807) is 0 Å². The molecule has 3 heteroatoms. The first-order chi connectivity index (χ1) is 9.86. The Balaban J connectivity index is 2.47. The van der Waals surface area contributed by atoms with E-state index in [0.717, 1.165) is 34.9 Å². The SMILES string of the molecule is CCc1nc(-c2ccc(C(C)(C)C)cc2)nc(NC)c1C. The number of hydrogen-bond acceptors (Lipinski definition) is 3. The summed E-state index contributed by atoms with van der Waals surface area (Å²) in [5.41, 5.74) is 4.79. The third-order valence-corrected chi connectivity index (χ3v) is 3.83. The fourth-order valence-corrected chi connectivity index (χ4v) is 2.40. The van der Waals surface area contributed by atoms with E-state index >= 15 is 0 Å². The summed E-state index contributed by atoms with van der Waals surface area (Å²) >= 11 is 0. The quantitative estimate of drug-likeness (QED) is 0.909. The van der Waals surface area contributed by atoms with E-state index in [-0.39, 0.29) is 5.41 Å². The first-order valence-electron chi connectivity index (χ1n) is 7.53. The van der Waals surface area contributed by atoms with Gasteiger partial charge in [-0.15, -0.1) is 0 Å². The summed E-state index contributed by atoms with van der Waals surface area (Å²) in [5.74, 6) is 1.71. The summed E-state index contributed by atoms with van der Waals surface area (Å²) in [6.45, 7) is 10.9. The molecule has 0 spiro atoms. The van der Waals surface area contributed by atoms with E-state index in [2.05, 4.69) is 69.2 Å². The molecule has 21 heavy (non-hydrogen) atoms. The molecule has 0 aliphatic heterocycles. The molecule has 1 N–H and O–H groups in total. The van der Waals surface area contributed by atoms with E-state index in [0.29, 0.717) is 0 Å². The second-order valence-electron chi connectivity index (χ2n) is 6.40. The average Bonchev–Trinajstić information content (AvgIpc) is 2.47. The Bertz CT molecular complexity index is 597. The Kier molecular flexibility index (Phi) is 4.31. The minimum absolute atomic E-state index is 0.164. The summed E-state index contributed by atoms with van der Waals surface area (Å²) in [6.07, 6.45) is 0.913. The lowest BCUT2D eigenvalue weighted by atomic mass is 9.86. The van der Waals surface area contributed by atoms with Crippen LogP contribution in [0.15, 0.2) is 24.3 Å². The number of nitrogens with one attached hydrogen (secondary N) is 1. The molecule has 0 radical (unpaired) electrons. The first-order valence-corrected chi connectivity index (χ1v) is 7.53. The molecule has 0 fully saturated rings. The highest BCUT2D eigenvalue weighted by atomic mass is 15.0. The smallest absolute Gasteiger partial charge is 0.161 e. The number of benzene rings is 1. The van der Waals surface area contributed by atoms with Crippen molar-refractivity contribution < 1.29 is 0 Å². The summed E-state index contributed by atoms with van der Waals surface area (Å²) in [7, 11) is 1.90. The first kappa shape index (κ1) is 15.5. The highest BCUT2D eigenvalue weighted by Gasteiger charge is 2.14. The van der Waals surface area contributed by atoms with Crippen LogP contribution in [0.3, 0.4) is 0 Å². The van der Waals surface area contributed by atoms with E-state index in [4.69, 9.17) is 4.98 Å². The third kappa shape index (κ3) is 3.23. The lowest BCUT2D eigenvalue weighted by Gasteiger charge is -2.19. The number of aryl methyl sites for hydroxylation is 1. The van der Waals surface area contributed by atoms with Crippen molar-refractivity contribution in [1.82, 2.24) is 9.97 Å². The Morgan fingerprint density at radius 2 is 1.67 bits per heavy atom. The molecule has 112 valence electrons. The summed E-state index contributed by atoms with van der Waals surface area (Å²) in [4.78, 5) is 9.35. The highest BCUT2D eigenvalue weighted by Crippen LogP contribution is 2.26. The predicted molar refractivity (Wildman–Crippen MR) is 89.8 cm³/mol. The summed E-state index contributed by atoms with van der Waals surface area (Å²) < 4.78 is 0. The molecule has 0 aliphatic carbocycles. The molecule has 1 heterocycles. The molecule has 1 aromatic heterocycles. The Morgan fingerprint density at radius 1 is 1.05 bits per heavy atom. The largest absolute Gasteiger partial charge is 0.373 e. The van der Waals surface area contributed by atoms with Crippen LogP contribution in [0.2, 0.25) is 0 Å². The third-order valence-electron chi connectivity index (χ3n) is 3.83. The van der Waals surface area contributed by atoms with Crippen molar-refractivity contribution in [1.29, 1.82) is 0 Å². The number of nitrogens with zero attached hydrogens (tertiary/aromatic N) is 2. The maximum atomic E-state index is 4.71. The van der Waals surface area contributed by atoms with Crippen molar-refractivity contribution in [3.8, 4) is 11.4 Å². The van der Waals surface area contributed by atoms with E-state index in [1.807, 2.05) is 7.05 Å². The van der Waals surface area contributed by atoms with Gasteiger partial charge in [-0.3, -0.25) is 0 Å². The molecular formula is C18H25N3. The Labute approximate surface area is 127 Å². The van der Waals surface area contributed by atoms with E-state index < -0.39 is 0 Å². The van der Waals surface area contributed by atoms with Crippen LogP contribution in [0.1, 0.15) is 44.5 Å². The van der Waals surface area contributed by atoms with Crippen LogP contribution in [-0.2, 0) is 11.8 Å². The molecule has 2 aromatic rings. The molecule has 0 bridgehead atoms. The van der Waals surface area contributed by atoms with Crippen molar-refractivity contribution >= 4 is 5.82 Å². The topological polar surface area (TPSA) is 37.8 Å². The molecule has 0 unspecified atom stereocenters. The Hall–Kier alpha value is -1.90. The van der Waals surface area contributed by atoms with Gasteiger partial charge in [0, 0.05) is 23.9 Å². The fraction of sp³-hybridized carbons (Fsp3) is 0.444. The number of rotatable bonds is 3. The number of hydrogen-bond donors (Lipinski definition) is 1. The predicted octanol–water partition coefficient (Wildman–Crippen LogP) is 4.35. The minimum Gasteiger partial charge on any atom is -0.373 e. The number of aromatic nitrogens is 2. The van der Waals surface area contributed by atoms with Crippen molar-refractivity contribution in [2.45, 2.75) is 46.5 Å². The van der Waals surface area contributed by atoms with Crippen LogP contribution in [-0.4, -0.2) is 17.0 Å². The Morgan fingerprint density at radius 3 is 2.14 bits per heavy atom. The molecule has 0 atom stereocenters. The van der Waals surface area contributed by atoms with Crippen molar-refractivity contribution in [3.05, 3.63) is 41.1 Å². The van der Waals surface area contributed by atoms with E-state index in [9.17, 15) is 0 Å². The molecule has 0 saturated heterocycles. The second kappa shape index (κ2) is 5.84. The van der Waals surface area contributed by atoms with Gasteiger partial charge in [-0.2, -0.15) is 0 Å². The average molecular weight is 283 g/mol. The van der Waals surface area contributed by atoms with Gasteiger partial charge < -0.3 is 5.32 Å². The van der Waals surface area contributed by atoms with Gasteiger partial charge in [0.25, 0.3) is 0 Å². The maximum absolute atomic E-state index is 4.71. The molecule has 1 aromatic carbocycles. The van der Waals surface area contributed by atoms with Crippen LogP contribution < -0.4 is 5.32 Å². The lowest BCUT2D eigenvalue weighted by molar-refractivity contribution is 0.590. The van der Waals surface area contributed by atoms with Crippen LogP contribution in [0.4, 0.5) is 5.82 Å². The van der Waals surface area contributed by atoms with Gasteiger partial charge in [-0.05, 0) is 24.3 Å². The van der Waals surface area contributed by atoms with Gasteiger partial charge in [0.1, 0.15) is 5.82 Å². The maximum Gasteiger partial charge on any atom is 0.161 e. The van der Waals surface area contributed by atoms with Gasteiger partial charge in [0.2, 0.25) is 0 Å². The summed E-state index contributed by atoms with van der Waals surface area (Å²) in [5, 5.41) is 3.16. The lowest BCUT2D eigenvalue weighted by Crippen LogP contribution is -2.10. The molecular weight excluding hydrogens is 258 g/mol. The van der Waals surface area contributed by atoms with Gasteiger partial charge in [-0.25, -0.2) is 9.97 Å². The van der Waals surface area contributed by atoms with Gasteiger partial charge in [-0.1, -0.05) is 52.0 Å². The molecule has 2 rings (SSSR count).